The number of allylic oxidation sites excluding steroid dienone is 1. The highest BCUT2D eigenvalue weighted by Gasteiger charge is 2.18. The van der Waals surface area contributed by atoms with Gasteiger partial charge in [-0.2, -0.15) is 10.4 Å². The van der Waals surface area contributed by atoms with Gasteiger partial charge < -0.3 is 4.98 Å². The Bertz CT molecular complexity index is 1220. The number of nitrogens with one attached hydrogen (secondary N) is 1. The minimum absolute atomic E-state index is 0.0791. The fourth-order valence-electron chi connectivity index (χ4n) is 3.29. The van der Waals surface area contributed by atoms with Gasteiger partial charge in [-0.1, -0.05) is 43.3 Å². The highest BCUT2D eigenvalue weighted by molar-refractivity contribution is 6.20. The Hall–Kier alpha value is -3.91. The van der Waals surface area contributed by atoms with Crippen LogP contribution in [0.25, 0.3) is 22.7 Å². The standard InChI is InChI=1S/C23H18N4O/c1-2-17-7-6-10-20-21(14-25-22(17)20)23(28)18(12-24)11-16-13-26-27(15-16)19-8-4-3-5-9-19/h3-11,13-15,25H,2H2,1H3/b18-11+. The molecule has 2 heterocycles. The first-order chi connectivity index (χ1) is 13.7. The summed E-state index contributed by atoms with van der Waals surface area (Å²) in [5.74, 6) is -0.297. The van der Waals surface area contributed by atoms with Gasteiger partial charge >= 0.3 is 0 Å². The van der Waals surface area contributed by atoms with Gasteiger partial charge in [-0.3, -0.25) is 4.79 Å². The summed E-state index contributed by atoms with van der Waals surface area (Å²) in [6.07, 6.45) is 7.57. The molecule has 0 amide bonds. The maximum absolute atomic E-state index is 13.0. The van der Waals surface area contributed by atoms with Crippen LogP contribution in [0.15, 0.2) is 72.7 Å². The molecule has 0 fully saturated rings. The number of hydrogen-bond donors (Lipinski definition) is 1. The number of nitriles is 1. The molecule has 0 aliphatic carbocycles. The molecule has 4 rings (SSSR count). The number of hydrogen-bond acceptors (Lipinski definition) is 3. The SMILES string of the molecule is CCc1cccc2c(C(=O)/C(C#N)=C/c3cnn(-c4ccccc4)c3)c[nH]c12. The van der Waals surface area contributed by atoms with Crippen molar-refractivity contribution in [3.63, 3.8) is 0 Å². The van der Waals surface area contributed by atoms with Gasteiger partial charge in [0.1, 0.15) is 11.6 Å². The van der Waals surface area contributed by atoms with Crippen LogP contribution in [0.4, 0.5) is 0 Å². The number of rotatable bonds is 5. The molecule has 0 aliphatic heterocycles. The van der Waals surface area contributed by atoms with Gasteiger partial charge in [0.25, 0.3) is 0 Å². The van der Waals surface area contributed by atoms with Gasteiger partial charge in [-0.05, 0) is 30.2 Å². The number of aryl methyl sites for hydroxylation is 1. The van der Waals surface area contributed by atoms with E-state index >= 15 is 0 Å². The van der Waals surface area contributed by atoms with Crippen LogP contribution >= 0.6 is 0 Å². The van der Waals surface area contributed by atoms with E-state index in [-0.39, 0.29) is 11.4 Å². The number of aromatic amines is 1. The van der Waals surface area contributed by atoms with Crippen LogP contribution in [0, 0.1) is 11.3 Å². The zero-order valence-electron chi connectivity index (χ0n) is 15.4. The molecule has 0 atom stereocenters. The molecule has 0 bridgehead atoms. The van der Waals surface area contributed by atoms with Crippen molar-refractivity contribution >= 4 is 22.8 Å². The number of benzene rings is 2. The summed E-state index contributed by atoms with van der Waals surface area (Å²) in [6.45, 7) is 2.07. The summed E-state index contributed by atoms with van der Waals surface area (Å²) in [5.41, 5.74) is 4.29. The molecule has 0 unspecified atom stereocenters. The third-order valence-electron chi connectivity index (χ3n) is 4.73. The second-order valence-corrected chi connectivity index (χ2v) is 6.45. The molecule has 4 aromatic rings. The summed E-state index contributed by atoms with van der Waals surface area (Å²) in [4.78, 5) is 16.2. The molecular weight excluding hydrogens is 348 g/mol. The summed E-state index contributed by atoms with van der Waals surface area (Å²) in [6, 6.07) is 17.6. The maximum atomic E-state index is 13.0. The average Bonchev–Trinajstić information content (AvgIpc) is 3.39. The fourth-order valence-corrected chi connectivity index (χ4v) is 3.29. The minimum Gasteiger partial charge on any atom is -0.360 e. The van der Waals surface area contributed by atoms with E-state index in [4.69, 9.17) is 0 Å². The number of carbonyl (C=O) groups excluding carboxylic acids is 1. The molecule has 0 saturated carbocycles. The van der Waals surface area contributed by atoms with Crippen molar-refractivity contribution in [3.8, 4) is 11.8 Å². The number of carbonyl (C=O) groups is 1. The van der Waals surface area contributed by atoms with Crippen molar-refractivity contribution in [1.82, 2.24) is 14.8 Å². The molecule has 5 heteroatoms. The molecule has 0 aliphatic rings. The highest BCUT2D eigenvalue weighted by Crippen LogP contribution is 2.25. The highest BCUT2D eigenvalue weighted by atomic mass is 16.1. The number of aromatic nitrogens is 3. The predicted octanol–water partition coefficient (Wildman–Crippen LogP) is 4.71. The van der Waals surface area contributed by atoms with Gasteiger partial charge in [-0.25, -0.2) is 4.68 Å². The van der Waals surface area contributed by atoms with E-state index in [1.165, 1.54) is 0 Å². The molecule has 2 aromatic heterocycles. The minimum atomic E-state index is -0.297. The second-order valence-electron chi connectivity index (χ2n) is 6.45. The van der Waals surface area contributed by atoms with Gasteiger partial charge in [0.15, 0.2) is 0 Å². The topological polar surface area (TPSA) is 74.5 Å². The number of Topliss-reactive ketones (excluding diaryl/α,β-unsaturated/α-hetero) is 1. The smallest absolute Gasteiger partial charge is 0.205 e. The summed E-state index contributed by atoms with van der Waals surface area (Å²) in [7, 11) is 0. The number of ketones is 1. The van der Waals surface area contributed by atoms with Crippen LogP contribution in [-0.2, 0) is 6.42 Å². The quantitative estimate of drug-likeness (QED) is 0.316. The average molecular weight is 366 g/mol. The van der Waals surface area contributed by atoms with E-state index in [9.17, 15) is 10.1 Å². The first-order valence-corrected chi connectivity index (χ1v) is 9.07. The summed E-state index contributed by atoms with van der Waals surface area (Å²) in [5, 5.41) is 14.7. The molecule has 0 radical (unpaired) electrons. The predicted molar refractivity (Wildman–Crippen MR) is 109 cm³/mol. The fraction of sp³-hybridized carbons (Fsp3) is 0.0870. The molecule has 0 spiro atoms. The lowest BCUT2D eigenvalue weighted by Crippen LogP contribution is -2.01. The van der Waals surface area contributed by atoms with Crippen LogP contribution in [0.3, 0.4) is 0 Å². The molecule has 1 N–H and O–H groups in total. The van der Waals surface area contributed by atoms with Crippen LogP contribution < -0.4 is 0 Å². The van der Waals surface area contributed by atoms with E-state index in [0.29, 0.717) is 11.1 Å². The summed E-state index contributed by atoms with van der Waals surface area (Å²) < 4.78 is 1.71. The lowest BCUT2D eigenvalue weighted by atomic mass is 10.0. The zero-order chi connectivity index (χ0) is 19.5. The van der Waals surface area contributed by atoms with Crippen LogP contribution in [0.5, 0.6) is 0 Å². The maximum Gasteiger partial charge on any atom is 0.205 e. The first-order valence-electron chi connectivity index (χ1n) is 9.07. The van der Waals surface area contributed by atoms with Crippen molar-refractivity contribution < 1.29 is 4.79 Å². The van der Waals surface area contributed by atoms with E-state index in [1.807, 2.05) is 54.6 Å². The Balaban J connectivity index is 1.69. The normalized spacial score (nSPS) is 11.5. The van der Waals surface area contributed by atoms with Crippen molar-refractivity contribution in [2.75, 3.05) is 0 Å². The van der Waals surface area contributed by atoms with Gasteiger partial charge in [-0.15, -0.1) is 0 Å². The van der Waals surface area contributed by atoms with E-state index in [0.717, 1.165) is 28.6 Å². The first kappa shape index (κ1) is 17.5. The Morgan fingerprint density at radius 3 is 2.79 bits per heavy atom. The third-order valence-corrected chi connectivity index (χ3v) is 4.73. The number of nitrogens with zero attached hydrogens (tertiary/aromatic N) is 3. The Labute approximate surface area is 162 Å². The zero-order valence-corrected chi connectivity index (χ0v) is 15.4. The Morgan fingerprint density at radius 1 is 1.21 bits per heavy atom. The van der Waals surface area contributed by atoms with Crippen LogP contribution in [0.1, 0.15) is 28.4 Å². The largest absolute Gasteiger partial charge is 0.360 e. The van der Waals surface area contributed by atoms with E-state index in [1.54, 1.807) is 29.3 Å². The van der Waals surface area contributed by atoms with E-state index < -0.39 is 0 Å². The van der Waals surface area contributed by atoms with E-state index in [2.05, 4.69) is 17.0 Å². The monoisotopic (exact) mass is 366 g/mol. The van der Waals surface area contributed by atoms with Crippen LogP contribution in [-0.4, -0.2) is 20.5 Å². The van der Waals surface area contributed by atoms with Gasteiger partial charge in [0, 0.05) is 34.4 Å². The molecule has 5 nitrogen and oxygen atoms in total. The van der Waals surface area contributed by atoms with Gasteiger partial charge in [0.05, 0.1) is 11.9 Å². The van der Waals surface area contributed by atoms with Crippen molar-refractivity contribution in [2.45, 2.75) is 13.3 Å². The van der Waals surface area contributed by atoms with Gasteiger partial charge in [0.2, 0.25) is 5.78 Å². The number of para-hydroxylation sites is 2. The van der Waals surface area contributed by atoms with Crippen molar-refractivity contribution in [1.29, 1.82) is 5.26 Å². The third kappa shape index (κ3) is 3.12. The van der Waals surface area contributed by atoms with Crippen LogP contribution in [0.2, 0.25) is 0 Å². The molecular formula is C23H18N4O. The molecule has 2 aromatic carbocycles. The number of fused-ring (bicyclic) bond motifs is 1. The summed E-state index contributed by atoms with van der Waals surface area (Å²) >= 11 is 0. The second kappa shape index (κ2) is 7.37. The Morgan fingerprint density at radius 2 is 2.04 bits per heavy atom. The Kier molecular flexibility index (Phi) is 4.61. The lowest BCUT2D eigenvalue weighted by Gasteiger charge is -2.01. The lowest BCUT2D eigenvalue weighted by molar-refractivity contribution is 0.104. The molecule has 136 valence electrons. The van der Waals surface area contributed by atoms with Crippen molar-refractivity contribution in [3.05, 3.63) is 89.4 Å². The van der Waals surface area contributed by atoms with Crippen molar-refractivity contribution in [2.24, 2.45) is 0 Å². The molecule has 0 saturated heterocycles. The molecule has 28 heavy (non-hydrogen) atoms. The number of H-pyrrole nitrogens is 1.